The van der Waals surface area contributed by atoms with Crippen LogP contribution < -0.4 is 5.32 Å². The highest BCUT2D eigenvalue weighted by atomic mass is 35.5. The molecule has 84 valence electrons. The van der Waals surface area contributed by atoms with Gasteiger partial charge in [-0.15, -0.1) is 0 Å². The number of aliphatic hydroxyl groups is 1. The topological polar surface area (TPSA) is 41.5 Å². The van der Waals surface area contributed by atoms with Crippen molar-refractivity contribution in [3.63, 3.8) is 0 Å². The van der Waals surface area contributed by atoms with E-state index in [1.54, 1.807) is 18.2 Å². The molecular weight excluding hydrogens is 237 g/mol. The third-order valence-corrected chi connectivity index (χ3v) is 2.11. The molecule has 0 saturated heterocycles. The number of hydrogen-bond acceptors (Lipinski definition) is 3. The first-order valence-electron chi connectivity index (χ1n) is 4.61. The molecule has 0 radical (unpaired) electrons. The molecule has 2 N–H and O–H groups in total. The summed E-state index contributed by atoms with van der Waals surface area (Å²) in [6, 6.07) is 5.26. The summed E-state index contributed by atoms with van der Waals surface area (Å²) in [6.45, 7) is 1.59. The number of anilines is 1. The molecule has 0 heterocycles. The lowest BCUT2D eigenvalue weighted by Crippen LogP contribution is -2.11. The second kappa shape index (κ2) is 6.90. The molecule has 0 atom stereocenters. The zero-order valence-electron chi connectivity index (χ0n) is 8.17. The average Bonchev–Trinajstić information content (AvgIpc) is 2.16. The first kappa shape index (κ1) is 12.6. The van der Waals surface area contributed by atoms with Gasteiger partial charge in [0.2, 0.25) is 0 Å². The first-order valence-corrected chi connectivity index (χ1v) is 5.36. The lowest BCUT2D eigenvalue weighted by Gasteiger charge is -2.07. The van der Waals surface area contributed by atoms with Crippen LogP contribution in [0.4, 0.5) is 5.69 Å². The van der Waals surface area contributed by atoms with Crippen LogP contribution in [0.15, 0.2) is 18.2 Å². The van der Waals surface area contributed by atoms with E-state index in [-0.39, 0.29) is 6.61 Å². The van der Waals surface area contributed by atoms with Crippen LogP contribution in [0.3, 0.4) is 0 Å². The van der Waals surface area contributed by atoms with Crippen molar-refractivity contribution < 1.29 is 9.84 Å². The highest BCUT2D eigenvalue weighted by Gasteiger charge is 1.97. The lowest BCUT2D eigenvalue weighted by atomic mass is 10.3. The van der Waals surface area contributed by atoms with Gasteiger partial charge in [-0.1, -0.05) is 23.2 Å². The van der Waals surface area contributed by atoms with E-state index < -0.39 is 0 Å². The lowest BCUT2D eigenvalue weighted by molar-refractivity contribution is 0.0992. The Labute approximate surface area is 99.0 Å². The monoisotopic (exact) mass is 249 g/mol. The second-order valence-electron chi connectivity index (χ2n) is 2.92. The van der Waals surface area contributed by atoms with Crippen molar-refractivity contribution in [2.75, 3.05) is 31.7 Å². The molecule has 0 aliphatic carbocycles. The maximum absolute atomic E-state index is 8.48. The Morgan fingerprint density at radius 3 is 2.40 bits per heavy atom. The number of hydrogen-bond donors (Lipinski definition) is 2. The smallest absolute Gasteiger partial charge is 0.0698 e. The molecule has 0 spiro atoms. The molecule has 0 aromatic heterocycles. The zero-order chi connectivity index (χ0) is 11.1. The third kappa shape index (κ3) is 5.23. The molecule has 0 fully saturated rings. The van der Waals surface area contributed by atoms with Crippen molar-refractivity contribution in [2.24, 2.45) is 0 Å². The van der Waals surface area contributed by atoms with Crippen LogP contribution in [0.5, 0.6) is 0 Å². The molecular formula is C10H13Cl2NO2. The van der Waals surface area contributed by atoms with Crippen LogP contribution in [0.2, 0.25) is 10.0 Å². The van der Waals surface area contributed by atoms with Gasteiger partial charge in [-0.3, -0.25) is 0 Å². The van der Waals surface area contributed by atoms with E-state index in [4.69, 9.17) is 33.0 Å². The molecule has 0 aliphatic rings. The van der Waals surface area contributed by atoms with E-state index in [0.29, 0.717) is 29.8 Å². The van der Waals surface area contributed by atoms with Crippen molar-refractivity contribution >= 4 is 28.9 Å². The van der Waals surface area contributed by atoms with Gasteiger partial charge in [-0.25, -0.2) is 0 Å². The number of rotatable bonds is 6. The normalized spacial score (nSPS) is 10.3. The fourth-order valence-electron chi connectivity index (χ4n) is 1.09. The summed E-state index contributed by atoms with van der Waals surface area (Å²) in [7, 11) is 0. The van der Waals surface area contributed by atoms with Gasteiger partial charge in [0.15, 0.2) is 0 Å². The van der Waals surface area contributed by atoms with E-state index in [9.17, 15) is 0 Å². The summed E-state index contributed by atoms with van der Waals surface area (Å²) in [4.78, 5) is 0. The summed E-state index contributed by atoms with van der Waals surface area (Å²) < 4.78 is 5.09. The molecule has 15 heavy (non-hydrogen) atoms. The number of aliphatic hydroxyl groups excluding tert-OH is 1. The van der Waals surface area contributed by atoms with Gasteiger partial charge in [0.05, 0.1) is 19.8 Å². The predicted octanol–water partition coefficient (Wildman–Crippen LogP) is 2.41. The Morgan fingerprint density at radius 1 is 1.13 bits per heavy atom. The van der Waals surface area contributed by atoms with Gasteiger partial charge in [-0.05, 0) is 18.2 Å². The second-order valence-corrected chi connectivity index (χ2v) is 3.79. The van der Waals surface area contributed by atoms with Gasteiger partial charge in [-0.2, -0.15) is 0 Å². The predicted molar refractivity (Wildman–Crippen MR) is 62.9 cm³/mol. The SMILES string of the molecule is OCCOCCNc1cc(Cl)cc(Cl)c1. The minimum absolute atomic E-state index is 0.0446. The van der Waals surface area contributed by atoms with Crippen molar-refractivity contribution in [1.29, 1.82) is 0 Å². The van der Waals surface area contributed by atoms with Crippen LogP contribution in [-0.4, -0.2) is 31.5 Å². The molecule has 1 aromatic carbocycles. The Kier molecular flexibility index (Phi) is 5.79. The minimum Gasteiger partial charge on any atom is -0.394 e. The summed E-state index contributed by atoms with van der Waals surface area (Å²) in [5.74, 6) is 0. The van der Waals surface area contributed by atoms with Crippen LogP contribution in [0.25, 0.3) is 0 Å². The van der Waals surface area contributed by atoms with E-state index in [2.05, 4.69) is 5.32 Å². The molecule has 0 saturated carbocycles. The van der Waals surface area contributed by atoms with Gasteiger partial charge < -0.3 is 15.2 Å². The van der Waals surface area contributed by atoms with Gasteiger partial charge in [0.25, 0.3) is 0 Å². The maximum atomic E-state index is 8.48. The zero-order valence-corrected chi connectivity index (χ0v) is 9.68. The Morgan fingerprint density at radius 2 is 1.80 bits per heavy atom. The van der Waals surface area contributed by atoms with E-state index in [1.807, 2.05) is 0 Å². The Bertz CT molecular complexity index is 287. The largest absolute Gasteiger partial charge is 0.394 e. The highest BCUT2D eigenvalue weighted by molar-refractivity contribution is 6.35. The fourth-order valence-corrected chi connectivity index (χ4v) is 1.62. The molecule has 1 rings (SSSR count). The number of halogens is 2. The minimum atomic E-state index is 0.0446. The average molecular weight is 250 g/mol. The molecule has 0 unspecified atom stereocenters. The van der Waals surface area contributed by atoms with E-state index in [0.717, 1.165) is 5.69 Å². The highest BCUT2D eigenvalue weighted by Crippen LogP contribution is 2.22. The third-order valence-electron chi connectivity index (χ3n) is 1.67. The Balaban J connectivity index is 2.31. The fraction of sp³-hybridized carbons (Fsp3) is 0.400. The summed E-state index contributed by atoms with van der Waals surface area (Å²) in [5.41, 5.74) is 0.861. The van der Waals surface area contributed by atoms with Crippen LogP contribution >= 0.6 is 23.2 Å². The van der Waals surface area contributed by atoms with Crippen molar-refractivity contribution in [2.45, 2.75) is 0 Å². The number of benzene rings is 1. The molecule has 0 amide bonds. The van der Waals surface area contributed by atoms with Gasteiger partial charge in [0, 0.05) is 22.3 Å². The van der Waals surface area contributed by atoms with Crippen LogP contribution in [-0.2, 0) is 4.74 Å². The standard InChI is InChI=1S/C10H13Cl2NO2/c11-8-5-9(12)7-10(6-8)13-1-3-15-4-2-14/h5-7,13-14H,1-4H2. The summed E-state index contributed by atoms with van der Waals surface area (Å²) in [6.07, 6.45) is 0. The molecule has 0 aliphatic heterocycles. The summed E-state index contributed by atoms with van der Waals surface area (Å²) in [5, 5.41) is 12.8. The van der Waals surface area contributed by atoms with Gasteiger partial charge in [0.1, 0.15) is 0 Å². The quantitative estimate of drug-likeness (QED) is 0.762. The first-order chi connectivity index (χ1) is 7.22. The van der Waals surface area contributed by atoms with Crippen LogP contribution in [0.1, 0.15) is 0 Å². The summed E-state index contributed by atoms with van der Waals surface area (Å²) >= 11 is 11.6. The Hall–Kier alpha value is -0.480. The number of ether oxygens (including phenoxy) is 1. The number of nitrogens with one attached hydrogen (secondary N) is 1. The molecule has 3 nitrogen and oxygen atoms in total. The van der Waals surface area contributed by atoms with Crippen molar-refractivity contribution in [3.05, 3.63) is 28.2 Å². The molecule has 1 aromatic rings. The van der Waals surface area contributed by atoms with Crippen LogP contribution in [0, 0.1) is 0 Å². The van der Waals surface area contributed by atoms with E-state index in [1.165, 1.54) is 0 Å². The van der Waals surface area contributed by atoms with E-state index >= 15 is 0 Å². The van der Waals surface area contributed by atoms with Crippen molar-refractivity contribution in [3.8, 4) is 0 Å². The maximum Gasteiger partial charge on any atom is 0.0698 e. The van der Waals surface area contributed by atoms with Crippen molar-refractivity contribution in [1.82, 2.24) is 0 Å². The molecule has 5 heteroatoms. The molecule has 0 bridgehead atoms. The van der Waals surface area contributed by atoms with Gasteiger partial charge >= 0.3 is 0 Å².